The predicted octanol–water partition coefficient (Wildman–Crippen LogP) is 2.92. The summed E-state index contributed by atoms with van der Waals surface area (Å²) in [4.78, 5) is 39.5. The maximum Gasteiger partial charge on any atom is 0.319 e. The van der Waals surface area contributed by atoms with E-state index in [0.29, 0.717) is 31.1 Å². The second-order valence-corrected chi connectivity index (χ2v) is 10.2. The van der Waals surface area contributed by atoms with Crippen molar-refractivity contribution in [3.05, 3.63) is 36.0 Å². The number of nitrogens with zero attached hydrogens (tertiary/aromatic N) is 4. The van der Waals surface area contributed by atoms with Gasteiger partial charge in [0.05, 0.1) is 24.3 Å². The number of hydrogen-bond donors (Lipinski definition) is 2. The van der Waals surface area contributed by atoms with Crippen molar-refractivity contribution in [2.45, 2.75) is 56.0 Å². The van der Waals surface area contributed by atoms with E-state index in [1.165, 1.54) is 0 Å². The highest BCUT2D eigenvalue weighted by atomic mass is 16.5. The van der Waals surface area contributed by atoms with Crippen molar-refractivity contribution in [2.24, 2.45) is 0 Å². The molecule has 0 spiro atoms. The molecule has 184 valence electrons. The molecule has 9 heteroatoms. The van der Waals surface area contributed by atoms with Crippen LogP contribution in [0.2, 0.25) is 0 Å². The van der Waals surface area contributed by atoms with E-state index >= 15 is 0 Å². The summed E-state index contributed by atoms with van der Waals surface area (Å²) in [6.07, 6.45) is 5.91. The van der Waals surface area contributed by atoms with Crippen LogP contribution < -0.4 is 15.5 Å². The van der Waals surface area contributed by atoms with Gasteiger partial charge >= 0.3 is 6.03 Å². The van der Waals surface area contributed by atoms with Crippen molar-refractivity contribution in [3.63, 3.8) is 0 Å². The lowest BCUT2D eigenvalue weighted by Gasteiger charge is -2.29. The van der Waals surface area contributed by atoms with Crippen LogP contribution in [-0.2, 0) is 14.9 Å². The molecule has 2 N–H and O–H groups in total. The lowest BCUT2D eigenvalue weighted by molar-refractivity contribution is -0.133. The number of urea groups is 1. The number of benzene rings is 1. The molecule has 0 radical (unpaired) electrons. The van der Waals surface area contributed by atoms with Crippen molar-refractivity contribution in [2.75, 3.05) is 43.6 Å². The van der Waals surface area contributed by atoms with Gasteiger partial charge in [0, 0.05) is 49.5 Å². The third kappa shape index (κ3) is 4.69. The number of likely N-dealkylation sites (N-methyl/N-ethyl adjacent to an activating group) is 1. The molecule has 2 aromatic rings. The summed E-state index contributed by atoms with van der Waals surface area (Å²) in [5, 5.41) is 5.81. The minimum atomic E-state index is -0.543. The minimum Gasteiger partial charge on any atom is -0.378 e. The Morgan fingerprint density at radius 1 is 1.06 bits per heavy atom. The van der Waals surface area contributed by atoms with Gasteiger partial charge in [-0.15, -0.1) is 0 Å². The van der Waals surface area contributed by atoms with E-state index in [1.807, 2.05) is 42.3 Å². The van der Waals surface area contributed by atoms with E-state index in [4.69, 9.17) is 14.7 Å². The summed E-state index contributed by atoms with van der Waals surface area (Å²) in [5.41, 5.74) is 1.84. The number of anilines is 2. The minimum absolute atomic E-state index is 0.179. The van der Waals surface area contributed by atoms with Crippen LogP contribution in [-0.4, -0.2) is 72.2 Å². The molecule has 1 aromatic carbocycles. The van der Waals surface area contributed by atoms with Crippen molar-refractivity contribution in [1.82, 2.24) is 20.2 Å². The molecule has 0 bridgehead atoms. The van der Waals surface area contributed by atoms with Crippen LogP contribution in [0.5, 0.6) is 0 Å². The van der Waals surface area contributed by atoms with Gasteiger partial charge in [-0.05, 0) is 62.8 Å². The van der Waals surface area contributed by atoms with Gasteiger partial charge in [-0.3, -0.25) is 4.79 Å². The average Bonchev–Trinajstić information content (AvgIpc) is 3.74. The molecule has 4 fully saturated rings. The molecule has 0 unspecified atom stereocenters. The Kier molecular flexibility index (Phi) is 5.59. The summed E-state index contributed by atoms with van der Waals surface area (Å²) in [7, 11) is 1.93. The van der Waals surface area contributed by atoms with E-state index in [-0.39, 0.29) is 11.9 Å². The average molecular weight is 477 g/mol. The molecule has 2 heterocycles. The number of morpholine rings is 1. The van der Waals surface area contributed by atoms with Crippen LogP contribution in [0, 0.1) is 0 Å². The lowest BCUT2D eigenvalue weighted by Crippen LogP contribution is -2.39. The first-order valence-electron chi connectivity index (χ1n) is 12.7. The lowest BCUT2D eigenvalue weighted by atomic mass is 9.99. The number of rotatable bonds is 7. The van der Waals surface area contributed by atoms with Gasteiger partial charge in [0.2, 0.25) is 5.91 Å². The fourth-order valence-electron chi connectivity index (χ4n) is 4.72. The SMILES string of the molecule is CN(C(=O)C1(c2cc(N3CCOCC3)nc(-c3ccc(NC(=O)NC4CC4)cc3)n2)CC1)C1CC1. The van der Waals surface area contributed by atoms with E-state index < -0.39 is 5.41 Å². The van der Waals surface area contributed by atoms with Gasteiger partial charge < -0.3 is 25.2 Å². The summed E-state index contributed by atoms with van der Waals surface area (Å²) >= 11 is 0. The van der Waals surface area contributed by atoms with E-state index in [1.54, 1.807) is 0 Å². The molecule has 1 aromatic heterocycles. The highest BCUT2D eigenvalue weighted by molar-refractivity contribution is 5.92. The fraction of sp³-hybridized carbons (Fsp3) is 0.538. The van der Waals surface area contributed by atoms with Gasteiger partial charge in [-0.25, -0.2) is 14.8 Å². The molecule has 4 aliphatic rings. The zero-order chi connectivity index (χ0) is 24.0. The molecule has 3 saturated carbocycles. The van der Waals surface area contributed by atoms with E-state index in [9.17, 15) is 9.59 Å². The Balaban J connectivity index is 1.29. The van der Waals surface area contributed by atoms with Gasteiger partial charge in [0.1, 0.15) is 5.82 Å². The molecule has 1 saturated heterocycles. The van der Waals surface area contributed by atoms with Crippen molar-refractivity contribution in [3.8, 4) is 11.4 Å². The first kappa shape index (κ1) is 22.3. The fourth-order valence-corrected chi connectivity index (χ4v) is 4.72. The third-order valence-electron chi connectivity index (χ3n) is 7.43. The first-order valence-corrected chi connectivity index (χ1v) is 12.7. The molecule has 6 rings (SSSR count). The Morgan fingerprint density at radius 2 is 1.77 bits per heavy atom. The monoisotopic (exact) mass is 476 g/mol. The van der Waals surface area contributed by atoms with Crippen LogP contribution in [0.4, 0.5) is 16.3 Å². The highest BCUT2D eigenvalue weighted by Gasteiger charge is 2.55. The summed E-state index contributed by atoms with van der Waals surface area (Å²) < 4.78 is 5.54. The number of carbonyl (C=O) groups is 2. The van der Waals surface area contributed by atoms with E-state index in [0.717, 1.165) is 74.4 Å². The van der Waals surface area contributed by atoms with Crippen molar-refractivity contribution >= 4 is 23.4 Å². The number of amides is 3. The smallest absolute Gasteiger partial charge is 0.319 e. The standard InChI is InChI=1S/C26H32N6O3/c1-31(20-8-9-20)24(33)26(10-11-26)21-16-22(32-12-14-35-15-13-32)30-23(29-21)17-2-4-18(5-3-17)27-25(34)28-19-6-7-19/h2-5,16,19-20H,6-15H2,1H3,(H2,27,28,34). The zero-order valence-electron chi connectivity index (χ0n) is 20.1. The predicted molar refractivity (Wildman–Crippen MR) is 132 cm³/mol. The molecule has 1 aliphatic heterocycles. The van der Waals surface area contributed by atoms with E-state index in [2.05, 4.69) is 15.5 Å². The van der Waals surface area contributed by atoms with Gasteiger partial charge in [-0.2, -0.15) is 0 Å². The third-order valence-corrected chi connectivity index (χ3v) is 7.43. The number of ether oxygens (including phenoxy) is 1. The van der Waals surface area contributed by atoms with Gasteiger partial charge in [0.25, 0.3) is 0 Å². The summed E-state index contributed by atoms with van der Waals surface area (Å²) in [6, 6.07) is 10.1. The van der Waals surface area contributed by atoms with Crippen LogP contribution in [0.25, 0.3) is 11.4 Å². The van der Waals surface area contributed by atoms with Crippen molar-refractivity contribution < 1.29 is 14.3 Å². The quantitative estimate of drug-likeness (QED) is 0.638. The topological polar surface area (TPSA) is 99.7 Å². The van der Waals surface area contributed by atoms with Crippen molar-refractivity contribution in [1.29, 1.82) is 0 Å². The first-order chi connectivity index (χ1) is 17.0. The molecule has 35 heavy (non-hydrogen) atoms. The van der Waals surface area contributed by atoms with Gasteiger partial charge in [-0.1, -0.05) is 0 Å². The Bertz CT molecular complexity index is 1120. The number of carbonyl (C=O) groups excluding carboxylic acids is 2. The zero-order valence-corrected chi connectivity index (χ0v) is 20.1. The molecule has 3 aliphatic carbocycles. The maximum atomic E-state index is 13.5. The number of nitrogens with one attached hydrogen (secondary N) is 2. The van der Waals surface area contributed by atoms with Crippen LogP contribution in [0.15, 0.2) is 30.3 Å². The normalized spacial score (nSPS) is 20.8. The molecule has 9 nitrogen and oxygen atoms in total. The Morgan fingerprint density at radius 3 is 2.40 bits per heavy atom. The molecular weight excluding hydrogens is 444 g/mol. The molecular formula is C26H32N6O3. The van der Waals surface area contributed by atoms with Gasteiger partial charge in [0.15, 0.2) is 5.82 Å². The largest absolute Gasteiger partial charge is 0.378 e. The molecule has 3 amide bonds. The molecule has 0 atom stereocenters. The maximum absolute atomic E-state index is 13.5. The number of hydrogen-bond acceptors (Lipinski definition) is 6. The van der Waals surface area contributed by atoms with Crippen LogP contribution in [0.3, 0.4) is 0 Å². The van der Waals surface area contributed by atoms with Crippen LogP contribution in [0.1, 0.15) is 44.2 Å². The van der Waals surface area contributed by atoms with Crippen LogP contribution >= 0.6 is 0 Å². The second kappa shape index (κ2) is 8.78. The summed E-state index contributed by atoms with van der Waals surface area (Å²) in [5.74, 6) is 1.62. The summed E-state index contributed by atoms with van der Waals surface area (Å²) in [6.45, 7) is 2.84. The number of aromatic nitrogens is 2. The Labute approximate surface area is 205 Å². The highest BCUT2D eigenvalue weighted by Crippen LogP contribution is 2.50. The second-order valence-electron chi connectivity index (χ2n) is 10.2. The Hall–Kier alpha value is -3.20.